The number of hydrogen-bond acceptors (Lipinski definition) is 7. The van der Waals surface area contributed by atoms with Crippen LogP contribution in [0.15, 0.2) is 6.20 Å². The van der Waals surface area contributed by atoms with Gasteiger partial charge in [-0.15, -0.1) is 0 Å². The van der Waals surface area contributed by atoms with E-state index in [9.17, 15) is 9.90 Å². The third kappa shape index (κ3) is 5.37. The minimum Gasteiger partial charge on any atom is -0.396 e. The summed E-state index contributed by atoms with van der Waals surface area (Å²) in [5, 5.41) is 12.3. The monoisotopic (exact) mass is 378 g/mol. The fraction of sp³-hybridized carbons (Fsp3) is 0.737. The summed E-state index contributed by atoms with van der Waals surface area (Å²) in [7, 11) is 1.60. The van der Waals surface area contributed by atoms with E-state index < -0.39 is 0 Å². The molecule has 27 heavy (non-hydrogen) atoms. The highest BCUT2D eigenvalue weighted by molar-refractivity contribution is 5.77. The van der Waals surface area contributed by atoms with Crippen LogP contribution in [0.1, 0.15) is 43.0 Å². The molecule has 8 heteroatoms. The molecule has 150 valence electrons. The second-order valence-electron chi connectivity index (χ2n) is 7.24. The molecule has 0 aromatic carbocycles. The zero-order valence-corrected chi connectivity index (χ0v) is 16.0. The Morgan fingerprint density at radius 3 is 2.89 bits per heavy atom. The van der Waals surface area contributed by atoms with Crippen LogP contribution in [-0.2, 0) is 20.7 Å². The van der Waals surface area contributed by atoms with Crippen LogP contribution in [0.3, 0.4) is 0 Å². The molecule has 1 aromatic heterocycles. The first-order valence-corrected chi connectivity index (χ1v) is 9.79. The summed E-state index contributed by atoms with van der Waals surface area (Å²) in [5.74, 6) is 1.03. The van der Waals surface area contributed by atoms with E-state index in [0.29, 0.717) is 19.1 Å². The fourth-order valence-corrected chi connectivity index (χ4v) is 3.70. The second-order valence-corrected chi connectivity index (χ2v) is 7.24. The van der Waals surface area contributed by atoms with Crippen molar-refractivity contribution in [1.82, 2.24) is 15.3 Å². The molecule has 2 heterocycles. The van der Waals surface area contributed by atoms with E-state index in [1.165, 1.54) is 0 Å². The number of methoxy groups -OCH3 is 1. The Labute approximate surface area is 160 Å². The molecular weight excluding hydrogens is 348 g/mol. The minimum atomic E-state index is -0.126. The maximum atomic E-state index is 12.1. The van der Waals surface area contributed by atoms with Gasteiger partial charge in [-0.2, -0.15) is 0 Å². The van der Waals surface area contributed by atoms with Crippen LogP contribution < -0.4 is 10.2 Å². The number of piperidine rings is 1. The van der Waals surface area contributed by atoms with Crippen LogP contribution >= 0.6 is 0 Å². The number of fused-ring (bicyclic) bond motifs is 1. The summed E-state index contributed by atoms with van der Waals surface area (Å²) in [6.45, 7) is 2.94. The second kappa shape index (κ2) is 9.96. The van der Waals surface area contributed by atoms with Gasteiger partial charge in [0.05, 0.1) is 24.9 Å². The summed E-state index contributed by atoms with van der Waals surface area (Å²) < 4.78 is 10.2. The van der Waals surface area contributed by atoms with Gasteiger partial charge in [-0.25, -0.2) is 9.97 Å². The molecule has 1 aromatic rings. The third-order valence-electron chi connectivity index (χ3n) is 5.32. The zero-order chi connectivity index (χ0) is 19.1. The van der Waals surface area contributed by atoms with Crippen molar-refractivity contribution in [3.63, 3.8) is 0 Å². The van der Waals surface area contributed by atoms with Gasteiger partial charge in [-0.05, 0) is 38.0 Å². The number of anilines is 1. The van der Waals surface area contributed by atoms with E-state index in [0.717, 1.165) is 62.4 Å². The average Bonchev–Trinajstić information content (AvgIpc) is 2.71. The number of amides is 1. The van der Waals surface area contributed by atoms with Gasteiger partial charge in [0.1, 0.15) is 6.61 Å². The molecule has 0 saturated carbocycles. The fourth-order valence-electron chi connectivity index (χ4n) is 3.70. The number of aliphatic hydroxyl groups excluding tert-OH is 1. The van der Waals surface area contributed by atoms with Gasteiger partial charge in [0, 0.05) is 38.6 Å². The van der Waals surface area contributed by atoms with Gasteiger partial charge >= 0.3 is 0 Å². The molecule has 1 atom stereocenters. The number of rotatable bonds is 8. The maximum Gasteiger partial charge on any atom is 0.246 e. The molecule has 0 radical (unpaired) electrons. The van der Waals surface area contributed by atoms with Crippen molar-refractivity contribution in [3.8, 4) is 0 Å². The molecule has 0 spiro atoms. The molecule has 0 bridgehead atoms. The van der Waals surface area contributed by atoms with Crippen molar-refractivity contribution in [2.24, 2.45) is 5.92 Å². The van der Waals surface area contributed by atoms with Crippen molar-refractivity contribution >= 4 is 11.9 Å². The quantitative estimate of drug-likeness (QED) is 0.647. The number of carbonyl (C=O) groups is 1. The van der Waals surface area contributed by atoms with Gasteiger partial charge in [0.25, 0.3) is 0 Å². The molecule has 1 saturated heterocycles. The number of ether oxygens (including phenoxy) is 2. The number of nitrogens with one attached hydrogen (secondary N) is 1. The molecular formula is C19H30N4O4. The third-order valence-corrected chi connectivity index (χ3v) is 5.32. The van der Waals surface area contributed by atoms with Gasteiger partial charge in [0.2, 0.25) is 11.9 Å². The lowest BCUT2D eigenvalue weighted by molar-refractivity contribution is -0.127. The van der Waals surface area contributed by atoms with Crippen LogP contribution in [0.25, 0.3) is 0 Å². The first-order valence-electron chi connectivity index (χ1n) is 9.79. The molecule has 2 N–H and O–H groups in total. The highest BCUT2D eigenvalue weighted by Gasteiger charge is 2.26. The smallest absolute Gasteiger partial charge is 0.246 e. The van der Waals surface area contributed by atoms with E-state index >= 15 is 0 Å². The van der Waals surface area contributed by atoms with Gasteiger partial charge in [-0.3, -0.25) is 4.79 Å². The summed E-state index contributed by atoms with van der Waals surface area (Å²) >= 11 is 0. The standard InChI is InChI=1S/C19H30N4O4/c1-26-9-10-27-13-18(25)21-16-3-2-4-17-15(16)11-20-19(22-17)23-7-5-14(12-24)6-8-23/h11,14,16,24H,2-10,12-13H2,1H3,(H,21,25)/t16-/m1/s1. The summed E-state index contributed by atoms with van der Waals surface area (Å²) in [5.41, 5.74) is 2.04. The van der Waals surface area contributed by atoms with Gasteiger partial charge in [0.15, 0.2) is 0 Å². The molecule has 1 aliphatic carbocycles. The number of aryl methyl sites for hydroxylation is 1. The van der Waals surface area contributed by atoms with Gasteiger partial charge < -0.3 is 24.8 Å². The first kappa shape index (κ1) is 20.0. The molecule has 2 aliphatic rings. The maximum absolute atomic E-state index is 12.1. The Hall–Kier alpha value is -1.77. The van der Waals surface area contributed by atoms with Crippen LogP contribution in [0.4, 0.5) is 5.95 Å². The lowest BCUT2D eigenvalue weighted by Crippen LogP contribution is -2.37. The Balaban J connectivity index is 1.59. The highest BCUT2D eigenvalue weighted by atomic mass is 16.5. The minimum absolute atomic E-state index is 0.0357. The van der Waals surface area contributed by atoms with Crippen molar-refractivity contribution < 1.29 is 19.4 Å². The molecule has 1 aliphatic heterocycles. The van der Waals surface area contributed by atoms with E-state index in [2.05, 4.69) is 15.2 Å². The normalized spacial score (nSPS) is 20.4. The molecule has 1 fully saturated rings. The SMILES string of the molecule is COCCOCC(=O)N[C@@H]1CCCc2nc(N3CCC(CO)CC3)ncc21. The average molecular weight is 378 g/mol. The topological polar surface area (TPSA) is 96.8 Å². The Kier molecular flexibility index (Phi) is 7.37. The number of aromatic nitrogens is 2. The van der Waals surface area contributed by atoms with Crippen molar-refractivity contribution in [2.45, 2.75) is 38.1 Å². The first-order chi connectivity index (χ1) is 13.2. The van der Waals surface area contributed by atoms with Gasteiger partial charge in [-0.1, -0.05) is 0 Å². The van der Waals surface area contributed by atoms with Crippen LogP contribution in [-0.4, -0.2) is 67.6 Å². The lowest BCUT2D eigenvalue weighted by Gasteiger charge is -2.32. The Bertz CT molecular complexity index is 620. The molecule has 3 rings (SSSR count). The molecule has 0 unspecified atom stereocenters. The van der Waals surface area contributed by atoms with E-state index in [1.807, 2.05) is 6.20 Å². The summed E-state index contributed by atoms with van der Waals surface area (Å²) in [6, 6.07) is -0.0542. The van der Waals surface area contributed by atoms with E-state index in [4.69, 9.17) is 14.5 Å². The summed E-state index contributed by atoms with van der Waals surface area (Å²) in [4.78, 5) is 23.7. The number of nitrogens with zero attached hydrogens (tertiary/aromatic N) is 3. The van der Waals surface area contributed by atoms with Crippen LogP contribution in [0, 0.1) is 5.92 Å². The molecule has 1 amide bonds. The largest absolute Gasteiger partial charge is 0.396 e. The predicted molar refractivity (Wildman–Crippen MR) is 101 cm³/mol. The number of carbonyl (C=O) groups excluding carboxylic acids is 1. The van der Waals surface area contributed by atoms with Crippen molar-refractivity contribution in [2.75, 3.05) is 51.5 Å². The zero-order valence-electron chi connectivity index (χ0n) is 16.0. The number of hydrogen-bond donors (Lipinski definition) is 2. The Morgan fingerprint density at radius 2 is 2.15 bits per heavy atom. The van der Waals surface area contributed by atoms with Crippen LogP contribution in [0.2, 0.25) is 0 Å². The van der Waals surface area contributed by atoms with E-state index in [-0.39, 0.29) is 25.2 Å². The number of aliphatic hydroxyl groups is 1. The predicted octanol–water partition coefficient (Wildman–Crippen LogP) is 0.842. The molecule has 8 nitrogen and oxygen atoms in total. The lowest BCUT2D eigenvalue weighted by atomic mass is 9.92. The van der Waals surface area contributed by atoms with Crippen molar-refractivity contribution in [3.05, 3.63) is 17.5 Å². The summed E-state index contributed by atoms with van der Waals surface area (Å²) in [6.07, 6.45) is 6.60. The van der Waals surface area contributed by atoms with Crippen LogP contribution in [0.5, 0.6) is 0 Å². The highest BCUT2D eigenvalue weighted by Crippen LogP contribution is 2.30. The van der Waals surface area contributed by atoms with Crippen molar-refractivity contribution in [1.29, 1.82) is 0 Å². The van der Waals surface area contributed by atoms with E-state index in [1.54, 1.807) is 7.11 Å². The Morgan fingerprint density at radius 1 is 1.33 bits per heavy atom.